The van der Waals surface area contributed by atoms with E-state index in [2.05, 4.69) is 18.0 Å². The van der Waals surface area contributed by atoms with Crippen molar-refractivity contribution < 1.29 is 9.59 Å². The van der Waals surface area contributed by atoms with Crippen LogP contribution in [0, 0.1) is 0 Å². The minimum Gasteiger partial charge on any atom is -0.356 e. The standard InChI is InChI=1S/C24H24ClN3O2/c1-2-3-12-27-14-21(29)28-20(24(27)30)13-18-17-6-4-5-7-19(17)26-22(18)23(28)15-8-10-16(25)11-9-15/h4-11,20,23,26H,2-3,12-14H2,1H3. The van der Waals surface area contributed by atoms with Crippen LogP contribution >= 0.6 is 11.6 Å². The first-order valence-electron chi connectivity index (χ1n) is 10.5. The fourth-order valence-electron chi connectivity index (χ4n) is 4.85. The lowest BCUT2D eigenvalue weighted by Crippen LogP contribution is -2.63. The van der Waals surface area contributed by atoms with Gasteiger partial charge in [-0.3, -0.25) is 9.59 Å². The number of piperazine rings is 1. The van der Waals surface area contributed by atoms with E-state index in [1.165, 1.54) is 0 Å². The number of unbranched alkanes of at least 4 members (excludes halogenated alkanes) is 1. The molecular formula is C24H24ClN3O2. The number of fused-ring (bicyclic) bond motifs is 4. The van der Waals surface area contributed by atoms with Crippen LogP contribution in [0.5, 0.6) is 0 Å². The predicted octanol–water partition coefficient (Wildman–Crippen LogP) is 4.31. The molecule has 5 rings (SSSR count). The Kier molecular flexibility index (Phi) is 4.78. The SMILES string of the molecule is CCCCN1CC(=O)N2C(Cc3c([nH]c4ccccc34)C2c2ccc(Cl)cc2)C1=O. The minimum atomic E-state index is -0.476. The van der Waals surface area contributed by atoms with E-state index in [9.17, 15) is 9.59 Å². The summed E-state index contributed by atoms with van der Waals surface area (Å²) >= 11 is 6.12. The van der Waals surface area contributed by atoms with Crippen molar-refractivity contribution in [3.05, 3.63) is 70.4 Å². The average Bonchev–Trinajstić information content (AvgIpc) is 3.13. The van der Waals surface area contributed by atoms with E-state index >= 15 is 0 Å². The summed E-state index contributed by atoms with van der Waals surface area (Å²) in [5.41, 5.74) is 4.12. The summed E-state index contributed by atoms with van der Waals surface area (Å²) in [6, 6.07) is 14.9. The second-order valence-corrected chi connectivity index (χ2v) is 8.59. The van der Waals surface area contributed by atoms with E-state index in [0.29, 0.717) is 18.0 Å². The zero-order valence-corrected chi connectivity index (χ0v) is 17.7. The number of halogens is 1. The molecule has 1 aromatic heterocycles. The van der Waals surface area contributed by atoms with Gasteiger partial charge in [-0.15, -0.1) is 0 Å². The van der Waals surface area contributed by atoms with Crippen molar-refractivity contribution in [2.24, 2.45) is 0 Å². The molecule has 0 spiro atoms. The maximum atomic E-state index is 13.4. The van der Waals surface area contributed by atoms with E-state index in [4.69, 9.17) is 11.6 Å². The molecule has 2 aromatic carbocycles. The molecule has 2 amide bonds. The number of carbonyl (C=O) groups excluding carboxylic acids is 2. The van der Waals surface area contributed by atoms with E-state index in [-0.39, 0.29) is 24.4 Å². The summed E-state index contributed by atoms with van der Waals surface area (Å²) in [4.78, 5) is 33.8. The number of H-pyrrole nitrogens is 1. The number of benzene rings is 2. The monoisotopic (exact) mass is 421 g/mol. The minimum absolute atomic E-state index is 0.0000378. The molecule has 0 aliphatic carbocycles. The fourth-order valence-corrected chi connectivity index (χ4v) is 4.98. The lowest BCUT2D eigenvalue weighted by atomic mass is 9.86. The van der Waals surface area contributed by atoms with Crippen LogP contribution in [0.1, 0.15) is 42.6 Å². The van der Waals surface area contributed by atoms with E-state index in [1.807, 2.05) is 42.5 Å². The summed E-state index contributed by atoms with van der Waals surface area (Å²) in [5.74, 6) is 0.0536. The Morgan fingerprint density at radius 1 is 1.10 bits per heavy atom. The van der Waals surface area contributed by atoms with Crippen LogP contribution in [0.4, 0.5) is 0 Å². The number of nitrogens with one attached hydrogen (secondary N) is 1. The van der Waals surface area contributed by atoms with Gasteiger partial charge in [0.2, 0.25) is 11.8 Å². The van der Waals surface area contributed by atoms with E-state index in [0.717, 1.165) is 40.6 Å². The van der Waals surface area contributed by atoms with E-state index in [1.54, 1.807) is 9.80 Å². The smallest absolute Gasteiger partial charge is 0.246 e. The molecule has 1 N–H and O–H groups in total. The molecule has 2 atom stereocenters. The van der Waals surface area contributed by atoms with Crippen molar-refractivity contribution in [1.82, 2.24) is 14.8 Å². The number of para-hydroxylation sites is 1. The number of rotatable bonds is 4. The second-order valence-electron chi connectivity index (χ2n) is 8.15. The Hall–Kier alpha value is -2.79. The number of amides is 2. The molecule has 1 fully saturated rings. The Balaban J connectivity index is 1.66. The molecule has 3 heterocycles. The molecule has 2 aliphatic rings. The lowest BCUT2D eigenvalue weighted by Gasteiger charge is -2.47. The third-order valence-electron chi connectivity index (χ3n) is 6.31. The number of carbonyl (C=O) groups is 2. The van der Waals surface area contributed by atoms with Gasteiger partial charge >= 0.3 is 0 Å². The molecule has 6 heteroatoms. The first kappa shape index (κ1) is 19.2. The van der Waals surface area contributed by atoms with Crippen molar-refractivity contribution in [3.63, 3.8) is 0 Å². The number of hydrogen-bond acceptors (Lipinski definition) is 2. The highest BCUT2D eigenvalue weighted by molar-refractivity contribution is 6.30. The van der Waals surface area contributed by atoms with Crippen molar-refractivity contribution in [3.8, 4) is 0 Å². The lowest BCUT2D eigenvalue weighted by molar-refractivity contribution is -0.158. The highest BCUT2D eigenvalue weighted by atomic mass is 35.5. The van der Waals surface area contributed by atoms with Gasteiger partial charge in [-0.25, -0.2) is 0 Å². The van der Waals surface area contributed by atoms with Crippen molar-refractivity contribution in [2.45, 2.75) is 38.3 Å². The largest absolute Gasteiger partial charge is 0.356 e. The van der Waals surface area contributed by atoms with Crippen molar-refractivity contribution >= 4 is 34.3 Å². The summed E-state index contributed by atoms with van der Waals surface area (Å²) in [5, 5.41) is 1.77. The molecule has 0 saturated carbocycles. The topological polar surface area (TPSA) is 56.4 Å². The predicted molar refractivity (Wildman–Crippen MR) is 117 cm³/mol. The van der Waals surface area contributed by atoms with Crippen LogP contribution < -0.4 is 0 Å². The van der Waals surface area contributed by atoms with Gasteiger partial charge in [-0.2, -0.15) is 0 Å². The van der Waals surface area contributed by atoms with Gasteiger partial charge in [0.25, 0.3) is 0 Å². The third-order valence-corrected chi connectivity index (χ3v) is 6.56. The van der Waals surface area contributed by atoms with Crippen LogP contribution in [-0.4, -0.2) is 45.7 Å². The number of hydrogen-bond donors (Lipinski definition) is 1. The molecule has 3 aromatic rings. The van der Waals surface area contributed by atoms with Gasteiger partial charge in [0, 0.05) is 34.6 Å². The Morgan fingerprint density at radius 2 is 1.87 bits per heavy atom. The number of aromatic nitrogens is 1. The fraction of sp³-hybridized carbons (Fsp3) is 0.333. The van der Waals surface area contributed by atoms with Gasteiger partial charge in [0.15, 0.2) is 0 Å². The summed E-state index contributed by atoms with van der Waals surface area (Å²) in [7, 11) is 0. The van der Waals surface area contributed by atoms with Gasteiger partial charge in [0.05, 0.1) is 12.6 Å². The summed E-state index contributed by atoms with van der Waals surface area (Å²) in [6.45, 7) is 2.88. The van der Waals surface area contributed by atoms with Crippen molar-refractivity contribution in [1.29, 1.82) is 0 Å². The third kappa shape index (κ3) is 3.00. The molecule has 2 unspecified atom stereocenters. The van der Waals surface area contributed by atoms with E-state index < -0.39 is 6.04 Å². The molecule has 1 saturated heterocycles. The Morgan fingerprint density at radius 3 is 2.63 bits per heavy atom. The molecular weight excluding hydrogens is 398 g/mol. The normalized spacial score (nSPS) is 21.1. The molecule has 5 nitrogen and oxygen atoms in total. The Bertz CT molecular complexity index is 1120. The first-order chi connectivity index (χ1) is 14.6. The van der Waals surface area contributed by atoms with Gasteiger partial charge < -0.3 is 14.8 Å². The zero-order valence-electron chi connectivity index (χ0n) is 16.9. The first-order valence-corrected chi connectivity index (χ1v) is 10.9. The molecule has 30 heavy (non-hydrogen) atoms. The van der Waals surface area contributed by atoms with Gasteiger partial charge in [-0.05, 0) is 35.7 Å². The van der Waals surface area contributed by atoms with Gasteiger partial charge in [-0.1, -0.05) is 55.3 Å². The second kappa shape index (κ2) is 7.47. The maximum Gasteiger partial charge on any atom is 0.246 e. The quantitative estimate of drug-likeness (QED) is 0.682. The van der Waals surface area contributed by atoms with Gasteiger partial charge in [0.1, 0.15) is 6.04 Å². The highest BCUT2D eigenvalue weighted by Crippen LogP contribution is 2.42. The highest BCUT2D eigenvalue weighted by Gasteiger charge is 2.47. The maximum absolute atomic E-state index is 13.4. The van der Waals surface area contributed by atoms with Crippen LogP contribution in [-0.2, 0) is 16.0 Å². The Labute approximate surface area is 180 Å². The average molecular weight is 422 g/mol. The van der Waals surface area contributed by atoms with Crippen LogP contribution in [0.25, 0.3) is 10.9 Å². The summed E-state index contributed by atoms with van der Waals surface area (Å²) in [6.07, 6.45) is 2.44. The number of aromatic amines is 1. The van der Waals surface area contributed by atoms with Crippen LogP contribution in [0.2, 0.25) is 5.02 Å². The molecule has 0 radical (unpaired) electrons. The van der Waals surface area contributed by atoms with Crippen LogP contribution in [0.15, 0.2) is 48.5 Å². The molecule has 2 aliphatic heterocycles. The zero-order chi connectivity index (χ0) is 20.8. The molecule has 0 bridgehead atoms. The molecule has 154 valence electrons. The van der Waals surface area contributed by atoms with Crippen molar-refractivity contribution in [2.75, 3.05) is 13.1 Å². The number of nitrogens with zero attached hydrogens (tertiary/aromatic N) is 2. The van der Waals surface area contributed by atoms with Crippen LogP contribution in [0.3, 0.4) is 0 Å². The summed E-state index contributed by atoms with van der Waals surface area (Å²) < 4.78 is 0.